The molecule has 0 atom stereocenters. The molecule has 2 aromatic heterocycles. The Labute approximate surface area is 204 Å². The summed E-state index contributed by atoms with van der Waals surface area (Å²) >= 11 is 1.32. The van der Waals surface area contributed by atoms with Crippen molar-refractivity contribution in [2.24, 2.45) is 0 Å². The van der Waals surface area contributed by atoms with E-state index < -0.39 is 0 Å². The minimum absolute atomic E-state index is 0.0102. The first kappa shape index (κ1) is 24.1. The molecule has 4 rings (SSSR count). The number of aromatic amines is 1. The fourth-order valence-electron chi connectivity index (χ4n) is 3.66. The third-order valence-electron chi connectivity index (χ3n) is 5.46. The Kier molecular flexibility index (Phi) is 7.51. The summed E-state index contributed by atoms with van der Waals surface area (Å²) in [5, 5.41) is 11.0. The molecule has 0 spiro atoms. The van der Waals surface area contributed by atoms with Crippen LogP contribution in [-0.2, 0) is 22.6 Å². The van der Waals surface area contributed by atoms with E-state index >= 15 is 0 Å². The Balaban J connectivity index is 1.33. The van der Waals surface area contributed by atoms with Crippen LogP contribution in [0.1, 0.15) is 25.3 Å². The summed E-state index contributed by atoms with van der Waals surface area (Å²) in [5.41, 5.74) is 2.15. The second kappa shape index (κ2) is 10.9. The van der Waals surface area contributed by atoms with Gasteiger partial charge in [0, 0.05) is 30.8 Å². The van der Waals surface area contributed by atoms with Crippen LogP contribution in [0.4, 0.5) is 5.13 Å². The van der Waals surface area contributed by atoms with Gasteiger partial charge in [-0.15, -0.1) is 11.3 Å². The van der Waals surface area contributed by atoms with Gasteiger partial charge in [-0.25, -0.2) is 9.67 Å². The van der Waals surface area contributed by atoms with E-state index in [2.05, 4.69) is 20.7 Å². The number of aromatic nitrogens is 3. The molecule has 35 heavy (non-hydrogen) atoms. The molecule has 2 amide bonds. The highest BCUT2D eigenvalue weighted by molar-refractivity contribution is 7.14. The van der Waals surface area contributed by atoms with E-state index in [1.807, 2.05) is 29.6 Å². The van der Waals surface area contributed by atoms with Crippen molar-refractivity contribution in [1.82, 2.24) is 20.1 Å². The number of amides is 2. The summed E-state index contributed by atoms with van der Waals surface area (Å²) in [6.07, 6.45) is 1.74. The van der Waals surface area contributed by atoms with Gasteiger partial charge in [-0.05, 0) is 30.5 Å². The molecule has 0 fully saturated rings. The normalized spacial score (nSPS) is 10.9. The third-order valence-corrected chi connectivity index (χ3v) is 6.22. The van der Waals surface area contributed by atoms with Crippen LogP contribution in [0, 0.1) is 0 Å². The fraction of sp³-hybridized carbons (Fsp3) is 0.240. The van der Waals surface area contributed by atoms with Crippen LogP contribution in [0.5, 0.6) is 0 Å². The highest BCUT2D eigenvalue weighted by Crippen LogP contribution is 2.25. The summed E-state index contributed by atoms with van der Waals surface area (Å²) < 4.78 is 1.16. The van der Waals surface area contributed by atoms with Gasteiger partial charge in [0.2, 0.25) is 11.8 Å². The number of carbonyl (C=O) groups excluding carboxylic acids is 2. The van der Waals surface area contributed by atoms with Gasteiger partial charge in [0.15, 0.2) is 5.13 Å². The first-order valence-electron chi connectivity index (χ1n) is 11.2. The van der Waals surface area contributed by atoms with Crippen molar-refractivity contribution in [2.45, 2.75) is 32.7 Å². The Bertz CT molecular complexity index is 1470. The predicted octanol–water partition coefficient (Wildman–Crippen LogP) is 2.91. The maximum atomic E-state index is 12.6. The summed E-state index contributed by atoms with van der Waals surface area (Å²) in [7, 11) is 0. The molecule has 180 valence electrons. The second-order valence-corrected chi connectivity index (χ2v) is 8.92. The van der Waals surface area contributed by atoms with E-state index in [0.29, 0.717) is 22.4 Å². The van der Waals surface area contributed by atoms with E-state index in [1.165, 1.54) is 23.8 Å². The molecule has 0 aliphatic heterocycles. The number of anilines is 1. The SMILES string of the molecule is CC(=O)NCCCc1ccc(-c2csc(NC(=O)CCn3[nH]c(=O)c4ccccc4c3=O)n2)cc1. The van der Waals surface area contributed by atoms with Crippen molar-refractivity contribution in [3.8, 4) is 11.3 Å². The first-order chi connectivity index (χ1) is 16.9. The van der Waals surface area contributed by atoms with Gasteiger partial charge in [-0.2, -0.15) is 0 Å². The topological polar surface area (TPSA) is 126 Å². The zero-order valence-electron chi connectivity index (χ0n) is 19.2. The molecule has 0 aliphatic carbocycles. The van der Waals surface area contributed by atoms with Gasteiger partial charge in [0.05, 0.1) is 23.0 Å². The number of thiazole rings is 1. The minimum atomic E-state index is -0.371. The highest BCUT2D eigenvalue weighted by atomic mass is 32.1. The third kappa shape index (κ3) is 6.10. The largest absolute Gasteiger partial charge is 0.356 e. The van der Waals surface area contributed by atoms with E-state index in [1.54, 1.807) is 24.3 Å². The summed E-state index contributed by atoms with van der Waals surface area (Å²) in [4.78, 5) is 52.6. The number of benzene rings is 2. The number of aryl methyl sites for hydroxylation is 2. The van der Waals surface area contributed by atoms with Crippen LogP contribution in [-0.4, -0.2) is 33.1 Å². The molecule has 0 saturated heterocycles. The molecule has 0 unspecified atom stereocenters. The van der Waals surface area contributed by atoms with Crippen molar-refractivity contribution >= 4 is 39.1 Å². The van der Waals surface area contributed by atoms with Crippen molar-refractivity contribution < 1.29 is 9.59 Å². The number of hydrogen-bond acceptors (Lipinski definition) is 6. The van der Waals surface area contributed by atoms with Crippen LogP contribution in [0.2, 0.25) is 0 Å². The number of H-pyrrole nitrogens is 1. The molecular weight excluding hydrogens is 466 g/mol. The molecule has 0 aliphatic rings. The summed E-state index contributed by atoms with van der Waals surface area (Å²) in [5.74, 6) is -0.328. The fourth-order valence-corrected chi connectivity index (χ4v) is 4.40. The van der Waals surface area contributed by atoms with Crippen LogP contribution < -0.4 is 21.8 Å². The Morgan fingerprint density at radius 1 is 1.06 bits per heavy atom. The molecular formula is C25H25N5O4S. The number of carbonyl (C=O) groups is 2. The predicted molar refractivity (Wildman–Crippen MR) is 137 cm³/mol. The van der Waals surface area contributed by atoms with Crippen molar-refractivity contribution in [3.63, 3.8) is 0 Å². The lowest BCUT2D eigenvalue weighted by Crippen LogP contribution is -2.31. The second-order valence-electron chi connectivity index (χ2n) is 8.06. The number of rotatable bonds is 9. The molecule has 2 heterocycles. The lowest BCUT2D eigenvalue weighted by atomic mass is 10.1. The lowest BCUT2D eigenvalue weighted by molar-refractivity contribution is -0.119. The summed E-state index contributed by atoms with van der Waals surface area (Å²) in [6.45, 7) is 2.21. The van der Waals surface area contributed by atoms with E-state index in [4.69, 9.17) is 0 Å². The average molecular weight is 492 g/mol. The smallest absolute Gasteiger partial charge is 0.273 e. The van der Waals surface area contributed by atoms with Crippen LogP contribution in [0.3, 0.4) is 0 Å². The van der Waals surface area contributed by atoms with Gasteiger partial charge in [0.25, 0.3) is 11.1 Å². The zero-order valence-corrected chi connectivity index (χ0v) is 20.0. The van der Waals surface area contributed by atoms with E-state index in [-0.39, 0.29) is 35.9 Å². The quantitative estimate of drug-likeness (QED) is 0.311. The minimum Gasteiger partial charge on any atom is -0.356 e. The van der Waals surface area contributed by atoms with Crippen molar-refractivity contribution in [3.05, 3.63) is 80.2 Å². The van der Waals surface area contributed by atoms with E-state index in [0.717, 1.165) is 28.8 Å². The zero-order chi connectivity index (χ0) is 24.8. The van der Waals surface area contributed by atoms with Crippen LogP contribution in [0.25, 0.3) is 22.0 Å². The van der Waals surface area contributed by atoms with Gasteiger partial charge in [-0.1, -0.05) is 36.4 Å². The molecule has 0 saturated carbocycles. The van der Waals surface area contributed by atoms with Gasteiger partial charge < -0.3 is 10.6 Å². The maximum absolute atomic E-state index is 12.6. The Morgan fingerprint density at radius 3 is 2.54 bits per heavy atom. The molecule has 10 heteroatoms. The Morgan fingerprint density at radius 2 is 1.80 bits per heavy atom. The van der Waals surface area contributed by atoms with Gasteiger partial charge in [0.1, 0.15) is 0 Å². The molecule has 2 aromatic carbocycles. The Hall–Kier alpha value is -4.05. The summed E-state index contributed by atoms with van der Waals surface area (Å²) in [6, 6.07) is 14.6. The van der Waals surface area contributed by atoms with Gasteiger partial charge in [-0.3, -0.25) is 24.3 Å². The van der Waals surface area contributed by atoms with Crippen LogP contribution in [0.15, 0.2) is 63.5 Å². The standard InChI is InChI=1S/C25H25N5O4S/c1-16(31)26-13-4-5-17-8-10-18(11-9-17)21-15-35-25(27-21)28-22(32)12-14-30-24(34)20-7-3-2-6-19(20)23(33)29-30/h2-3,6-11,15H,4-5,12-14H2,1H3,(H,26,31)(H,29,33)(H,27,28,32). The van der Waals surface area contributed by atoms with Crippen molar-refractivity contribution in [2.75, 3.05) is 11.9 Å². The molecule has 0 bridgehead atoms. The monoisotopic (exact) mass is 491 g/mol. The highest BCUT2D eigenvalue weighted by Gasteiger charge is 2.11. The average Bonchev–Trinajstić information content (AvgIpc) is 3.32. The molecule has 4 aromatic rings. The van der Waals surface area contributed by atoms with Crippen molar-refractivity contribution in [1.29, 1.82) is 0 Å². The molecule has 0 radical (unpaired) electrons. The van der Waals surface area contributed by atoms with E-state index in [9.17, 15) is 19.2 Å². The lowest BCUT2D eigenvalue weighted by Gasteiger charge is -2.07. The number of hydrogen-bond donors (Lipinski definition) is 3. The molecule has 3 N–H and O–H groups in total. The first-order valence-corrected chi connectivity index (χ1v) is 12.1. The number of nitrogens with zero attached hydrogens (tertiary/aromatic N) is 2. The number of fused-ring (bicyclic) bond motifs is 1. The molecule has 9 nitrogen and oxygen atoms in total. The van der Waals surface area contributed by atoms with Crippen LogP contribution >= 0.6 is 11.3 Å². The maximum Gasteiger partial charge on any atom is 0.273 e. The number of nitrogens with one attached hydrogen (secondary N) is 3. The van der Waals surface area contributed by atoms with Gasteiger partial charge >= 0.3 is 0 Å².